The first-order valence-electron chi connectivity index (χ1n) is 20.5. The SMILES string of the molecule is c1ccc(-c2ccc(N(c3ccc4ccccc4c3)c3cccc4c3Oc3cccc(-c5ccccc5)c3-c3cc(-c5cccc(-c6ccccc6)c5)ccc3-4)cc2)cc1. The third kappa shape index (κ3) is 6.41. The van der Waals surface area contributed by atoms with Gasteiger partial charge in [-0.05, 0) is 115 Å². The number of benzene rings is 10. The zero-order valence-electron chi connectivity index (χ0n) is 32.9. The average Bonchev–Trinajstić information content (AvgIpc) is 3.47. The smallest absolute Gasteiger partial charge is 0.159 e. The van der Waals surface area contributed by atoms with Crippen molar-refractivity contribution >= 4 is 27.8 Å². The summed E-state index contributed by atoms with van der Waals surface area (Å²) in [7, 11) is 0. The molecule has 10 aromatic rings. The van der Waals surface area contributed by atoms with E-state index in [0.29, 0.717) is 0 Å². The Bertz CT molecular complexity index is 3150. The van der Waals surface area contributed by atoms with Crippen LogP contribution in [0.2, 0.25) is 0 Å². The maximum absolute atomic E-state index is 7.36. The van der Waals surface area contributed by atoms with Gasteiger partial charge in [-0.1, -0.05) is 188 Å². The summed E-state index contributed by atoms with van der Waals surface area (Å²) in [6.07, 6.45) is 0. The molecule has 0 bridgehead atoms. The van der Waals surface area contributed by atoms with E-state index in [4.69, 9.17) is 4.74 Å². The Morgan fingerprint density at radius 1 is 0.283 bits per heavy atom. The van der Waals surface area contributed by atoms with E-state index in [1.165, 1.54) is 38.6 Å². The minimum Gasteiger partial charge on any atom is -0.454 e. The molecule has 0 saturated heterocycles. The molecule has 0 atom stereocenters. The number of hydrogen-bond acceptors (Lipinski definition) is 2. The fourth-order valence-corrected chi connectivity index (χ4v) is 8.73. The van der Waals surface area contributed by atoms with Crippen molar-refractivity contribution in [3.05, 3.63) is 237 Å². The summed E-state index contributed by atoms with van der Waals surface area (Å²) in [5.74, 6) is 1.62. The highest BCUT2D eigenvalue weighted by Crippen LogP contribution is 2.55. The van der Waals surface area contributed by atoms with E-state index < -0.39 is 0 Å². The molecule has 0 unspecified atom stereocenters. The van der Waals surface area contributed by atoms with Crippen LogP contribution in [0.25, 0.3) is 77.5 Å². The van der Waals surface area contributed by atoms with Crippen LogP contribution in [0.3, 0.4) is 0 Å². The predicted octanol–water partition coefficient (Wildman–Crippen LogP) is 16.4. The minimum absolute atomic E-state index is 0.807. The summed E-state index contributed by atoms with van der Waals surface area (Å²) in [6.45, 7) is 0. The monoisotopic (exact) mass is 765 g/mol. The Balaban J connectivity index is 1.13. The van der Waals surface area contributed by atoms with E-state index >= 15 is 0 Å². The molecule has 2 nitrogen and oxygen atoms in total. The van der Waals surface area contributed by atoms with Gasteiger partial charge in [0.2, 0.25) is 0 Å². The molecule has 0 N–H and O–H groups in total. The van der Waals surface area contributed by atoms with Crippen LogP contribution in [-0.4, -0.2) is 0 Å². The van der Waals surface area contributed by atoms with Crippen LogP contribution in [0.1, 0.15) is 0 Å². The van der Waals surface area contributed by atoms with Gasteiger partial charge in [-0.2, -0.15) is 0 Å². The van der Waals surface area contributed by atoms with Crippen molar-refractivity contribution in [2.45, 2.75) is 0 Å². The highest BCUT2D eigenvalue weighted by molar-refractivity contribution is 6.01. The Kier molecular flexibility index (Phi) is 8.87. The fraction of sp³-hybridized carbons (Fsp3) is 0. The van der Waals surface area contributed by atoms with Crippen LogP contribution in [0, 0.1) is 0 Å². The number of hydrogen-bond donors (Lipinski definition) is 0. The normalized spacial score (nSPS) is 11.5. The molecular weight excluding hydrogens is 727 g/mol. The van der Waals surface area contributed by atoms with Gasteiger partial charge >= 0.3 is 0 Å². The summed E-state index contributed by atoms with van der Waals surface area (Å²) in [5, 5.41) is 2.38. The lowest BCUT2D eigenvalue weighted by molar-refractivity contribution is 0.489. The molecule has 1 aliphatic heterocycles. The molecular formula is C58H39NO. The van der Waals surface area contributed by atoms with Crippen LogP contribution in [-0.2, 0) is 0 Å². The Hall–Kier alpha value is -7.94. The molecule has 1 aliphatic rings. The second-order valence-electron chi connectivity index (χ2n) is 15.3. The molecule has 1 heterocycles. The first-order valence-corrected chi connectivity index (χ1v) is 20.5. The first-order chi connectivity index (χ1) is 29.7. The van der Waals surface area contributed by atoms with Crippen molar-refractivity contribution in [2.24, 2.45) is 0 Å². The van der Waals surface area contributed by atoms with Crippen molar-refractivity contribution in [2.75, 3.05) is 4.90 Å². The van der Waals surface area contributed by atoms with Gasteiger partial charge in [-0.25, -0.2) is 0 Å². The quantitative estimate of drug-likeness (QED) is 0.160. The number of rotatable bonds is 7. The molecule has 0 amide bonds. The van der Waals surface area contributed by atoms with Crippen molar-refractivity contribution in [1.82, 2.24) is 0 Å². The minimum atomic E-state index is 0.807. The fourth-order valence-electron chi connectivity index (χ4n) is 8.73. The van der Waals surface area contributed by atoms with Gasteiger partial charge in [0, 0.05) is 22.5 Å². The van der Waals surface area contributed by atoms with Crippen LogP contribution >= 0.6 is 0 Å². The van der Waals surface area contributed by atoms with Crippen LogP contribution < -0.4 is 9.64 Å². The van der Waals surface area contributed by atoms with Gasteiger partial charge in [0.15, 0.2) is 5.75 Å². The van der Waals surface area contributed by atoms with Gasteiger partial charge in [-0.3, -0.25) is 0 Å². The Labute approximate surface area is 350 Å². The van der Waals surface area contributed by atoms with E-state index in [9.17, 15) is 0 Å². The van der Waals surface area contributed by atoms with Gasteiger partial charge in [0.1, 0.15) is 5.75 Å². The van der Waals surface area contributed by atoms with E-state index in [0.717, 1.165) is 67.5 Å². The second kappa shape index (κ2) is 15.1. The van der Waals surface area contributed by atoms with Crippen LogP contribution in [0.4, 0.5) is 17.1 Å². The highest BCUT2D eigenvalue weighted by Gasteiger charge is 2.28. The topological polar surface area (TPSA) is 12.5 Å². The van der Waals surface area contributed by atoms with Gasteiger partial charge in [0.05, 0.1) is 5.69 Å². The van der Waals surface area contributed by atoms with Crippen molar-refractivity contribution in [1.29, 1.82) is 0 Å². The average molecular weight is 766 g/mol. The first kappa shape index (κ1) is 35.2. The third-order valence-electron chi connectivity index (χ3n) is 11.7. The molecule has 0 saturated carbocycles. The van der Waals surface area contributed by atoms with E-state index in [2.05, 4.69) is 241 Å². The Morgan fingerprint density at radius 3 is 1.57 bits per heavy atom. The molecule has 0 aliphatic carbocycles. The number of ether oxygens (including phenoxy) is 1. The largest absolute Gasteiger partial charge is 0.454 e. The predicted molar refractivity (Wildman–Crippen MR) is 251 cm³/mol. The molecule has 0 aromatic heterocycles. The maximum atomic E-state index is 7.36. The van der Waals surface area contributed by atoms with Crippen LogP contribution in [0.15, 0.2) is 237 Å². The van der Waals surface area contributed by atoms with E-state index in [1.807, 2.05) is 0 Å². The lowest BCUT2D eigenvalue weighted by Crippen LogP contribution is -2.11. The molecule has 282 valence electrons. The van der Waals surface area contributed by atoms with Crippen molar-refractivity contribution in [3.63, 3.8) is 0 Å². The Morgan fingerprint density at radius 2 is 0.817 bits per heavy atom. The molecule has 11 rings (SSSR count). The molecule has 0 spiro atoms. The standard InChI is InChI=1S/C58H39NO/c1-4-15-40(16-5-1)43-29-33-49(34-30-43)59(50-35-31-42-19-10-11-22-47(42)38-50)55-27-13-26-53-52-36-32-48(46-24-12-23-45(37-46)41-17-6-2-7-18-41)39-54(52)57-51(44-20-8-3-9-21-44)25-14-28-56(57)60-58(53)55/h1-39H. The summed E-state index contributed by atoms with van der Waals surface area (Å²) in [5.41, 5.74) is 16.7. The lowest BCUT2D eigenvalue weighted by atomic mass is 9.87. The highest BCUT2D eigenvalue weighted by atomic mass is 16.5. The lowest BCUT2D eigenvalue weighted by Gasteiger charge is -2.28. The maximum Gasteiger partial charge on any atom is 0.159 e. The van der Waals surface area contributed by atoms with Crippen LogP contribution in [0.5, 0.6) is 11.5 Å². The van der Waals surface area contributed by atoms with Gasteiger partial charge in [0.25, 0.3) is 0 Å². The zero-order chi connectivity index (χ0) is 39.8. The molecule has 0 fully saturated rings. The molecule has 2 heteroatoms. The van der Waals surface area contributed by atoms with Crippen molar-refractivity contribution < 1.29 is 4.74 Å². The summed E-state index contributed by atoms with van der Waals surface area (Å²) in [4.78, 5) is 2.34. The van der Waals surface area contributed by atoms with Gasteiger partial charge in [-0.15, -0.1) is 0 Å². The second-order valence-corrected chi connectivity index (χ2v) is 15.3. The molecule has 10 aromatic carbocycles. The van der Waals surface area contributed by atoms with E-state index in [-0.39, 0.29) is 0 Å². The van der Waals surface area contributed by atoms with E-state index in [1.54, 1.807) is 0 Å². The molecule has 0 radical (unpaired) electrons. The number of para-hydroxylation sites is 1. The van der Waals surface area contributed by atoms with Gasteiger partial charge < -0.3 is 9.64 Å². The summed E-state index contributed by atoms with van der Waals surface area (Å²) in [6, 6.07) is 84.7. The van der Waals surface area contributed by atoms with Crippen molar-refractivity contribution in [3.8, 4) is 78.3 Å². The summed E-state index contributed by atoms with van der Waals surface area (Å²) < 4.78 is 7.36. The zero-order valence-corrected chi connectivity index (χ0v) is 32.9. The number of anilines is 3. The molecule has 60 heavy (non-hydrogen) atoms. The number of fused-ring (bicyclic) bond motifs is 6. The number of nitrogens with zero attached hydrogens (tertiary/aromatic N) is 1. The summed E-state index contributed by atoms with van der Waals surface area (Å²) >= 11 is 0. The third-order valence-corrected chi connectivity index (χ3v) is 11.7.